The lowest BCUT2D eigenvalue weighted by molar-refractivity contribution is 0.0571. The molecule has 1 saturated heterocycles. The van der Waals surface area contributed by atoms with Crippen LogP contribution >= 0.6 is 0 Å². The van der Waals surface area contributed by atoms with Crippen molar-refractivity contribution in [3.8, 4) is 11.5 Å². The van der Waals surface area contributed by atoms with Crippen LogP contribution in [0.5, 0.6) is 11.5 Å². The van der Waals surface area contributed by atoms with Gasteiger partial charge in [0.05, 0.1) is 12.7 Å². The highest BCUT2D eigenvalue weighted by atomic mass is 16.8. The van der Waals surface area contributed by atoms with Gasteiger partial charge >= 0.3 is 0 Å². The summed E-state index contributed by atoms with van der Waals surface area (Å²) >= 11 is 0. The number of ether oxygens (including phenoxy) is 3. The molecule has 4 rings (SSSR count). The predicted molar refractivity (Wildman–Crippen MR) is 70.9 cm³/mol. The van der Waals surface area contributed by atoms with Crippen molar-refractivity contribution >= 4 is 5.78 Å². The van der Waals surface area contributed by atoms with Crippen molar-refractivity contribution < 1.29 is 19.0 Å². The van der Waals surface area contributed by atoms with Crippen molar-refractivity contribution in [1.29, 1.82) is 0 Å². The Kier molecular flexibility index (Phi) is 2.20. The van der Waals surface area contributed by atoms with Crippen LogP contribution in [-0.2, 0) is 10.5 Å². The third-order valence-electron chi connectivity index (χ3n) is 3.73. The Morgan fingerprint density at radius 3 is 2.60 bits per heavy atom. The van der Waals surface area contributed by atoms with Gasteiger partial charge in [0.2, 0.25) is 5.78 Å². The quantitative estimate of drug-likeness (QED) is 0.785. The molecule has 2 aliphatic rings. The molecule has 0 aliphatic carbocycles. The van der Waals surface area contributed by atoms with E-state index < -0.39 is 11.9 Å². The van der Waals surface area contributed by atoms with Gasteiger partial charge in [-0.05, 0) is 36.4 Å². The summed E-state index contributed by atoms with van der Waals surface area (Å²) in [6.07, 6.45) is -0.550. The van der Waals surface area contributed by atoms with E-state index in [4.69, 9.17) is 14.2 Å². The Labute approximate surface area is 115 Å². The largest absolute Gasteiger partial charge is 0.497 e. The standard InChI is InChI=1S/C16H12O4/c1-18-11-8-6-10(7-9-11)16-15(20-16)14(17)12-4-2-3-5-13(12)19-16/h2-9,15H,1H3. The fourth-order valence-corrected chi connectivity index (χ4v) is 2.61. The first-order chi connectivity index (χ1) is 9.74. The topological polar surface area (TPSA) is 48.1 Å². The van der Waals surface area contributed by atoms with Gasteiger partial charge in [0.1, 0.15) is 11.5 Å². The van der Waals surface area contributed by atoms with Crippen molar-refractivity contribution in [2.24, 2.45) is 0 Å². The first-order valence-electron chi connectivity index (χ1n) is 6.39. The minimum Gasteiger partial charge on any atom is -0.497 e. The maximum Gasteiger partial charge on any atom is 0.272 e. The highest BCUT2D eigenvalue weighted by Crippen LogP contribution is 2.53. The van der Waals surface area contributed by atoms with Gasteiger partial charge in [-0.2, -0.15) is 0 Å². The molecule has 2 aromatic rings. The van der Waals surface area contributed by atoms with Crippen LogP contribution in [0.4, 0.5) is 0 Å². The van der Waals surface area contributed by atoms with Crippen molar-refractivity contribution in [2.45, 2.75) is 11.9 Å². The van der Waals surface area contributed by atoms with Gasteiger partial charge in [-0.15, -0.1) is 0 Å². The summed E-state index contributed by atoms with van der Waals surface area (Å²) in [5.41, 5.74) is 1.41. The van der Waals surface area contributed by atoms with Gasteiger partial charge in [0.15, 0.2) is 6.10 Å². The van der Waals surface area contributed by atoms with E-state index in [-0.39, 0.29) is 5.78 Å². The van der Waals surface area contributed by atoms with Gasteiger partial charge in [0, 0.05) is 5.56 Å². The van der Waals surface area contributed by atoms with Crippen LogP contribution in [0, 0.1) is 0 Å². The normalized spacial score (nSPS) is 26.2. The number of hydrogen-bond donors (Lipinski definition) is 0. The number of rotatable bonds is 2. The van der Waals surface area contributed by atoms with E-state index in [1.807, 2.05) is 36.4 Å². The Morgan fingerprint density at radius 2 is 1.85 bits per heavy atom. The van der Waals surface area contributed by atoms with Gasteiger partial charge in [-0.25, -0.2) is 0 Å². The molecule has 100 valence electrons. The van der Waals surface area contributed by atoms with E-state index in [0.717, 1.165) is 11.3 Å². The van der Waals surface area contributed by atoms with E-state index in [1.165, 1.54) is 0 Å². The highest BCUT2D eigenvalue weighted by Gasteiger charge is 2.67. The lowest BCUT2D eigenvalue weighted by atomic mass is 9.96. The Morgan fingerprint density at radius 1 is 1.10 bits per heavy atom. The van der Waals surface area contributed by atoms with Crippen molar-refractivity contribution in [1.82, 2.24) is 0 Å². The second kappa shape index (κ2) is 3.84. The molecule has 0 amide bonds. The van der Waals surface area contributed by atoms with Crippen LogP contribution in [0.1, 0.15) is 15.9 Å². The number of para-hydroxylation sites is 1. The molecule has 2 aliphatic heterocycles. The molecule has 2 heterocycles. The second-order valence-corrected chi connectivity index (χ2v) is 4.86. The molecule has 0 bridgehead atoms. The summed E-state index contributed by atoms with van der Waals surface area (Å²) in [5.74, 6) is 0.340. The number of carbonyl (C=O) groups excluding carboxylic acids is 1. The summed E-state index contributed by atoms with van der Waals surface area (Å²) in [7, 11) is 1.61. The van der Waals surface area contributed by atoms with Crippen LogP contribution in [0.2, 0.25) is 0 Å². The van der Waals surface area contributed by atoms with E-state index in [1.54, 1.807) is 19.2 Å². The summed E-state index contributed by atoms with van der Waals surface area (Å²) < 4.78 is 16.7. The number of carbonyl (C=O) groups is 1. The van der Waals surface area contributed by atoms with E-state index in [0.29, 0.717) is 11.3 Å². The molecule has 20 heavy (non-hydrogen) atoms. The molecule has 0 spiro atoms. The average Bonchev–Trinajstić information content (AvgIpc) is 3.24. The summed E-state index contributed by atoms with van der Waals surface area (Å²) in [6, 6.07) is 14.6. The Balaban J connectivity index is 1.76. The minimum atomic E-state index is -0.961. The van der Waals surface area contributed by atoms with Gasteiger partial charge < -0.3 is 14.2 Å². The zero-order valence-corrected chi connectivity index (χ0v) is 10.8. The Hall–Kier alpha value is -2.33. The van der Waals surface area contributed by atoms with E-state index in [2.05, 4.69) is 0 Å². The molecule has 0 saturated carbocycles. The molecule has 4 nitrogen and oxygen atoms in total. The average molecular weight is 268 g/mol. The fraction of sp³-hybridized carbons (Fsp3) is 0.188. The van der Waals surface area contributed by atoms with Crippen molar-refractivity contribution in [3.05, 3.63) is 59.7 Å². The zero-order valence-electron chi connectivity index (χ0n) is 10.8. The first-order valence-corrected chi connectivity index (χ1v) is 6.39. The number of benzene rings is 2. The number of methoxy groups -OCH3 is 1. The van der Waals surface area contributed by atoms with E-state index >= 15 is 0 Å². The Bertz CT molecular complexity index is 692. The maximum atomic E-state index is 12.3. The molecule has 2 aromatic carbocycles. The summed E-state index contributed by atoms with van der Waals surface area (Å²) in [4.78, 5) is 12.3. The third-order valence-corrected chi connectivity index (χ3v) is 3.73. The minimum absolute atomic E-state index is 0.0253. The predicted octanol–water partition coefficient (Wildman–Crippen LogP) is 2.52. The first kappa shape index (κ1) is 11.5. The SMILES string of the molecule is COc1ccc(C23Oc4ccccc4C(=O)C2O3)cc1. The number of hydrogen-bond acceptors (Lipinski definition) is 4. The molecule has 2 atom stereocenters. The molecular formula is C16H12O4. The molecular weight excluding hydrogens is 256 g/mol. The number of fused-ring (bicyclic) bond motifs is 2. The molecule has 0 aromatic heterocycles. The monoisotopic (exact) mass is 268 g/mol. The fourth-order valence-electron chi connectivity index (χ4n) is 2.61. The maximum absolute atomic E-state index is 12.3. The highest BCUT2D eigenvalue weighted by molar-refractivity contribution is 6.05. The molecule has 0 radical (unpaired) electrons. The number of epoxide rings is 1. The number of ketones is 1. The molecule has 0 N–H and O–H groups in total. The van der Waals surface area contributed by atoms with Crippen LogP contribution in [-0.4, -0.2) is 19.0 Å². The molecule has 1 fully saturated rings. The lowest BCUT2D eigenvalue weighted by Crippen LogP contribution is -2.30. The van der Waals surface area contributed by atoms with Gasteiger partial charge in [-0.3, -0.25) is 4.79 Å². The van der Waals surface area contributed by atoms with Crippen LogP contribution in [0.25, 0.3) is 0 Å². The smallest absolute Gasteiger partial charge is 0.272 e. The molecule has 2 unspecified atom stereocenters. The van der Waals surface area contributed by atoms with Gasteiger partial charge in [-0.1, -0.05) is 12.1 Å². The third kappa shape index (κ3) is 1.42. The molecule has 4 heteroatoms. The van der Waals surface area contributed by atoms with Crippen LogP contribution in [0.15, 0.2) is 48.5 Å². The van der Waals surface area contributed by atoms with Crippen molar-refractivity contribution in [2.75, 3.05) is 7.11 Å². The van der Waals surface area contributed by atoms with Crippen LogP contribution in [0.3, 0.4) is 0 Å². The van der Waals surface area contributed by atoms with Crippen molar-refractivity contribution in [3.63, 3.8) is 0 Å². The number of Topliss-reactive ketones (excluding diaryl/α,β-unsaturated/α-hetero) is 1. The summed E-state index contributed by atoms with van der Waals surface area (Å²) in [6.45, 7) is 0. The van der Waals surface area contributed by atoms with Crippen LogP contribution < -0.4 is 9.47 Å². The zero-order chi connectivity index (χ0) is 13.7. The summed E-state index contributed by atoms with van der Waals surface area (Å²) in [5, 5.41) is 0. The lowest BCUT2D eigenvalue weighted by Gasteiger charge is -2.21. The van der Waals surface area contributed by atoms with Gasteiger partial charge in [0.25, 0.3) is 5.79 Å². The van der Waals surface area contributed by atoms with E-state index in [9.17, 15) is 4.79 Å². The second-order valence-electron chi connectivity index (χ2n) is 4.86.